The minimum absolute atomic E-state index is 0.942. The molecule has 0 spiro atoms. The molecule has 0 radical (unpaired) electrons. The molecule has 7 rings (SSSR count). The first kappa shape index (κ1) is 21.3. The second kappa shape index (κ2) is 8.92. The van der Waals surface area contributed by atoms with Crippen LogP contribution in [0.1, 0.15) is 0 Å². The number of hydrogen-bond acceptors (Lipinski definition) is 1. The van der Waals surface area contributed by atoms with E-state index in [-0.39, 0.29) is 0 Å². The van der Waals surface area contributed by atoms with Gasteiger partial charge in [-0.1, -0.05) is 127 Å². The number of benzene rings is 6. The van der Waals surface area contributed by atoms with Crippen molar-refractivity contribution in [2.45, 2.75) is 0 Å². The lowest BCUT2D eigenvalue weighted by Gasteiger charge is -2.16. The van der Waals surface area contributed by atoms with E-state index in [1.54, 1.807) is 0 Å². The standard InChI is InChI=1S/C35H24N2/c1-4-14-25(15-5-1)33-34(26-16-6-2-7-17-26)37(29-20-8-3-9-21-29)35(36-33)32-30-22-12-10-18-27(30)24-28-19-11-13-23-31(28)32/h1-24H. The molecule has 2 nitrogen and oxygen atoms in total. The summed E-state index contributed by atoms with van der Waals surface area (Å²) in [5.41, 5.74) is 6.53. The van der Waals surface area contributed by atoms with Crippen LogP contribution in [-0.2, 0) is 0 Å². The SMILES string of the molecule is c1ccc(-c2nc(-c3c4ccccc4cc4ccccc34)n(-c3ccccc3)c2-c2ccccc2)cc1. The van der Waals surface area contributed by atoms with Crippen molar-refractivity contribution in [3.8, 4) is 39.6 Å². The number of hydrogen-bond donors (Lipinski definition) is 0. The summed E-state index contributed by atoms with van der Waals surface area (Å²) >= 11 is 0. The van der Waals surface area contributed by atoms with E-state index in [0.717, 1.165) is 39.6 Å². The number of rotatable bonds is 4. The van der Waals surface area contributed by atoms with Crippen molar-refractivity contribution < 1.29 is 0 Å². The van der Waals surface area contributed by atoms with Crippen LogP contribution in [0.2, 0.25) is 0 Å². The van der Waals surface area contributed by atoms with Crippen molar-refractivity contribution in [1.82, 2.24) is 9.55 Å². The monoisotopic (exact) mass is 472 g/mol. The molecular weight excluding hydrogens is 448 g/mol. The highest BCUT2D eigenvalue weighted by Crippen LogP contribution is 2.42. The van der Waals surface area contributed by atoms with Crippen LogP contribution in [0.25, 0.3) is 61.1 Å². The van der Waals surface area contributed by atoms with Crippen LogP contribution in [0, 0.1) is 0 Å². The van der Waals surface area contributed by atoms with Crippen LogP contribution in [-0.4, -0.2) is 9.55 Å². The number of para-hydroxylation sites is 1. The Morgan fingerprint density at radius 2 is 0.946 bits per heavy atom. The van der Waals surface area contributed by atoms with Crippen molar-refractivity contribution in [3.05, 3.63) is 146 Å². The van der Waals surface area contributed by atoms with Crippen LogP contribution >= 0.6 is 0 Å². The molecule has 0 unspecified atom stereocenters. The maximum Gasteiger partial charge on any atom is 0.147 e. The lowest BCUT2D eigenvalue weighted by molar-refractivity contribution is 1.08. The van der Waals surface area contributed by atoms with Gasteiger partial charge in [-0.3, -0.25) is 4.57 Å². The van der Waals surface area contributed by atoms with E-state index >= 15 is 0 Å². The summed E-state index contributed by atoms with van der Waals surface area (Å²) in [6, 6.07) is 51.2. The summed E-state index contributed by atoms with van der Waals surface area (Å²) in [5, 5.41) is 4.81. The Morgan fingerprint density at radius 3 is 1.54 bits per heavy atom. The van der Waals surface area contributed by atoms with Gasteiger partial charge in [-0.2, -0.15) is 0 Å². The van der Waals surface area contributed by atoms with Crippen molar-refractivity contribution in [2.24, 2.45) is 0 Å². The maximum atomic E-state index is 5.47. The Bertz CT molecular complexity index is 1800. The molecule has 1 heterocycles. The summed E-state index contributed by atoms with van der Waals surface area (Å²) in [4.78, 5) is 5.47. The second-order valence-corrected chi connectivity index (χ2v) is 9.23. The van der Waals surface area contributed by atoms with Gasteiger partial charge in [-0.05, 0) is 39.7 Å². The first-order chi connectivity index (χ1) is 18.4. The van der Waals surface area contributed by atoms with Crippen LogP contribution in [0.15, 0.2) is 146 Å². The average Bonchev–Trinajstić information content (AvgIpc) is 3.37. The first-order valence-electron chi connectivity index (χ1n) is 12.6. The number of imidazole rings is 1. The quantitative estimate of drug-likeness (QED) is 0.234. The topological polar surface area (TPSA) is 17.8 Å². The van der Waals surface area contributed by atoms with Crippen molar-refractivity contribution in [3.63, 3.8) is 0 Å². The fourth-order valence-electron chi connectivity index (χ4n) is 5.33. The fraction of sp³-hybridized carbons (Fsp3) is 0. The smallest absolute Gasteiger partial charge is 0.147 e. The number of aromatic nitrogens is 2. The molecule has 0 bridgehead atoms. The number of nitrogens with zero attached hydrogens (tertiary/aromatic N) is 2. The van der Waals surface area contributed by atoms with Crippen molar-refractivity contribution in [2.75, 3.05) is 0 Å². The molecule has 1 aromatic heterocycles. The molecule has 174 valence electrons. The van der Waals surface area contributed by atoms with Gasteiger partial charge in [0.05, 0.1) is 11.4 Å². The van der Waals surface area contributed by atoms with Gasteiger partial charge in [-0.25, -0.2) is 4.98 Å². The van der Waals surface area contributed by atoms with Crippen LogP contribution < -0.4 is 0 Å². The lowest BCUT2D eigenvalue weighted by Crippen LogP contribution is -2.01. The van der Waals surface area contributed by atoms with E-state index in [2.05, 4.69) is 150 Å². The highest BCUT2D eigenvalue weighted by molar-refractivity contribution is 6.12. The molecule has 0 fully saturated rings. The molecule has 0 amide bonds. The Morgan fingerprint density at radius 1 is 0.459 bits per heavy atom. The van der Waals surface area contributed by atoms with Crippen molar-refractivity contribution >= 4 is 21.5 Å². The van der Waals surface area contributed by atoms with E-state index in [4.69, 9.17) is 4.98 Å². The van der Waals surface area contributed by atoms with Gasteiger partial charge >= 0.3 is 0 Å². The highest BCUT2D eigenvalue weighted by Gasteiger charge is 2.24. The molecule has 0 saturated heterocycles. The Hall–Kier alpha value is -4.95. The summed E-state index contributed by atoms with van der Waals surface area (Å²) in [7, 11) is 0. The molecule has 7 aromatic rings. The Labute approximate surface area is 216 Å². The van der Waals surface area contributed by atoms with E-state index in [0.29, 0.717) is 0 Å². The van der Waals surface area contributed by atoms with E-state index in [1.807, 2.05) is 0 Å². The molecule has 0 aliphatic carbocycles. The summed E-state index contributed by atoms with van der Waals surface area (Å²) < 4.78 is 2.34. The first-order valence-corrected chi connectivity index (χ1v) is 12.6. The average molecular weight is 473 g/mol. The van der Waals surface area contributed by atoms with E-state index in [1.165, 1.54) is 21.5 Å². The third kappa shape index (κ3) is 3.62. The molecule has 37 heavy (non-hydrogen) atoms. The largest absolute Gasteiger partial charge is 0.292 e. The van der Waals surface area contributed by atoms with Gasteiger partial charge in [-0.15, -0.1) is 0 Å². The predicted octanol–water partition coefficient (Wildman–Crippen LogP) is 9.18. The van der Waals surface area contributed by atoms with Crippen LogP contribution in [0.5, 0.6) is 0 Å². The Kier molecular flexibility index (Phi) is 5.15. The fourth-order valence-corrected chi connectivity index (χ4v) is 5.33. The molecular formula is C35H24N2. The van der Waals surface area contributed by atoms with Gasteiger partial charge in [0.2, 0.25) is 0 Å². The molecule has 0 aliphatic heterocycles. The highest BCUT2D eigenvalue weighted by atomic mass is 15.1. The third-order valence-corrected chi connectivity index (χ3v) is 6.98. The summed E-state index contributed by atoms with van der Waals surface area (Å²) in [5.74, 6) is 0.942. The third-order valence-electron chi connectivity index (χ3n) is 6.98. The molecule has 0 saturated carbocycles. The van der Waals surface area contributed by atoms with Gasteiger partial charge in [0.25, 0.3) is 0 Å². The Balaban J connectivity index is 1.69. The minimum Gasteiger partial charge on any atom is -0.292 e. The van der Waals surface area contributed by atoms with Crippen LogP contribution in [0.4, 0.5) is 0 Å². The van der Waals surface area contributed by atoms with Crippen molar-refractivity contribution in [1.29, 1.82) is 0 Å². The van der Waals surface area contributed by atoms with Crippen LogP contribution in [0.3, 0.4) is 0 Å². The van der Waals surface area contributed by atoms with Gasteiger partial charge in [0.1, 0.15) is 5.82 Å². The van der Waals surface area contributed by atoms with Gasteiger partial charge in [0.15, 0.2) is 0 Å². The summed E-state index contributed by atoms with van der Waals surface area (Å²) in [6.07, 6.45) is 0. The molecule has 2 heteroatoms. The zero-order chi connectivity index (χ0) is 24.6. The molecule has 0 N–H and O–H groups in total. The molecule has 0 atom stereocenters. The maximum absolute atomic E-state index is 5.47. The second-order valence-electron chi connectivity index (χ2n) is 9.23. The normalized spacial score (nSPS) is 11.2. The summed E-state index contributed by atoms with van der Waals surface area (Å²) in [6.45, 7) is 0. The zero-order valence-corrected chi connectivity index (χ0v) is 20.3. The van der Waals surface area contributed by atoms with E-state index in [9.17, 15) is 0 Å². The lowest BCUT2D eigenvalue weighted by atomic mass is 9.96. The van der Waals surface area contributed by atoms with Gasteiger partial charge in [0, 0.05) is 22.4 Å². The minimum atomic E-state index is 0.942. The molecule has 0 aliphatic rings. The zero-order valence-electron chi connectivity index (χ0n) is 20.3. The molecule has 6 aromatic carbocycles. The van der Waals surface area contributed by atoms with Gasteiger partial charge < -0.3 is 0 Å². The van der Waals surface area contributed by atoms with E-state index < -0.39 is 0 Å². The predicted molar refractivity (Wildman–Crippen MR) is 155 cm³/mol. The number of fused-ring (bicyclic) bond motifs is 2.